The SMILES string of the molecule is CCOC(=O)N[C@@H]1CN(C(=O)OC(C)(C)C)C[C@H]1c1ccccn1. The molecule has 7 nitrogen and oxygen atoms in total. The van der Waals surface area contributed by atoms with Gasteiger partial charge in [0.05, 0.1) is 12.6 Å². The van der Waals surface area contributed by atoms with Crippen LogP contribution in [-0.4, -0.2) is 53.4 Å². The van der Waals surface area contributed by atoms with Gasteiger partial charge in [-0.1, -0.05) is 6.07 Å². The minimum absolute atomic E-state index is 0.108. The third-order valence-electron chi connectivity index (χ3n) is 3.62. The predicted molar refractivity (Wildman–Crippen MR) is 88.7 cm³/mol. The van der Waals surface area contributed by atoms with Crippen molar-refractivity contribution in [3.05, 3.63) is 30.1 Å². The van der Waals surface area contributed by atoms with Crippen molar-refractivity contribution in [1.29, 1.82) is 0 Å². The Morgan fingerprint density at radius 3 is 2.67 bits per heavy atom. The Balaban J connectivity index is 2.13. The smallest absolute Gasteiger partial charge is 0.410 e. The molecule has 0 bridgehead atoms. The fourth-order valence-electron chi connectivity index (χ4n) is 2.64. The van der Waals surface area contributed by atoms with Crippen molar-refractivity contribution in [1.82, 2.24) is 15.2 Å². The number of hydrogen-bond acceptors (Lipinski definition) is 5. The Bertz CT molecular complexity index is 571. The van der Waals surface area contributed by atoms with Crippen LogP contribution in [0.1, 0.15) is 39.3 Å². The van der Waals surface area contributed by atoms with Gasteiger partial charge in [-0.15, -0.1) is 0 Å². The second-order valence-corrected chi connectivity index (χ2v) is 6.72. The van der Waals surface area contributed by atoms with Crippen molar-refractivity contribution >= 4 is 12.2 Å². The number of likely N-dealkylation sites (tertiary alicyclic amines) is 1. The molecule has 1 aromatic heterocycles. The quantitative estimate of drug-likeness (QED) is 0.918. The monoisotopic (exact) mass is 335 g/mol. The number of ether oxygens (including phenoxy) is 2. The van der Waals surface area contributed by atoms with Crippen molar-refractivity contribution in [2.45, 2.75) is 45.3 Å². The number of pyridine rings is 1. The Labute approximate surface area is 142 Å². The summed E-state index contributed by atoms with van der Waals surface area (Å²) < 4.78 is 10.4. The number of rotatable bonds is 3. The molecule has 1 aliphatic heterocycles. The average Bonchev–Trinajstić information content (AvgIpc) is 2.90. The van der Waals surface area contributed by atoms with Gasteiger partial charge in [0, 0.05) is 30.9 Å². The average molecular weight is 335 g/mol. The Morgan fingerprint density at radius 2 is 2.08 bits per heavy atom. The molecule has 2 amide bonds. The molecule has 0 radical (unpaired) electrons. The van der Waals surface area contributed by atoms with Crippen molar-refractivity contribution in [2.24, 2.45) is 0 Å². The summed E-state index contributed by atoms with van der Waals surface area (Å²) in [6.45, 7) is 8.31. The summed E-state index contributed by atoms with van der Waals surface area (Å²) in [5.41, 5.74) is 0.259. The molecule has 132 valence electrons. The number of nitrogens with one attached hydrogen (secondary N) is 1. The number of carbonyl (C=O) groups is 2. The fourth-order valence-corrected chi connectivity index (χ4v) is 2.64. The van der Waals surface area contributed by atoms with E-state index in [0.29, 0.717) is 19.7 Å². The van der Waals surface area contributed by atoms with Crippen LogP contribution in [0, 0.1) is 0 Å². The van der Waals surface area contributed by atoms with E-state index < -0.39 is 17.8 Å². The molecule has 0 unspecified atom stereocenters. The van der Waals surface area contributed by atoms with Crippen LogP contribution in [0.15, 0.2) is 24.4 Å². The van der Waals surface area contributed by atoms with E-state index in [1.165, 1.54) is 0 Å². The molecule has 0 aromatic carbocycles. The van der Waals surface area contributed by atoms with Crippen molar-refractivity contribution in [3.8, 4) is 0 Å². The van der Waals surface area contributed by atoms with Gasteiger partial charge in [0.15, 0.2) is 0 Å². The minimum Gasteiger partial charge on any atom is -0.450 e. The molecule has 0 spiro atoms. The Morgan fingerprint density at radius 1 is 1.33 bits per heavy atom. The zero-order valence-corrected chi connectivity index (χ0v) is 14.6. The standard InChI is InChI=1S/C17H25N3O4/c1-5-23-15(21)19-14-11-20(16(22)24-17(2,3)4)10-12(14)13-8-6-7-9-18-13/h6-9,12,14H,5,10-11H2,1-4H3,(H,19,21)/t12-,14+/m0/s1. The van der Waals surface area contributed by atoms with Gasteiger partial charge >= 0.3 is 12.2 Å². The first kappa shape index (κ1) is 18.0. The summed E-state index contributed by atoms with van der Waals surface area (Å²) in [5.74, 6) is -0.108. The lowest BCUT2D eigenvalue weighted by atomic mass is 9.99. The number of aromatic nitrogens is 1. The van der Waals surface area contributed by atoms with E-state index in [0.717, 1.165) is 5.69 Å². The predicted octanol–water partition coefficient (Wildman–Crippen LogP) is 2.53. The highest BCUT2D eigenvalue weighted by Crippen LogP contribution is 2.27. The van der Waals surface area contributed by atoms with E-state index >= 15 is 0 Å². The molecule has 24 heavy (non-hydrogen) atoms. The van der Waals surface area contributed by atoms with Crippen LogP contribution in [0.5, 0.6) is 0 Å². The summed E-state index contributed by atoms with van der Waals surface area (Å²) >= 11 is 0. The molecule has 2 heterocycles. The van der Waals surface area contributed by atoms with Crippen LogP contribution in [0.4, 0.5) is 9.59 Å². The van der Waals surface area contributed by atoms with E-state index in [4.69, 9.17) is 9.47 Å². The molecule has 2 rings (SSSR count). The van der Waals surface area contributed by atoms with Crippen LogP contribution in [-0.2, 0) is 9.47 Å². The molecular weight excluding hydrogens is 310 g/mol. The maximum Gasteiger partial charge on any atom is 0.410 e. The van der Waals surface area contributed by atoms with E-state index in [2.05, 4.69) is 10.3 Å². The summed E-state index contributed by atoms with van der Waals surface area (Å²) in [5, 5.41) is 2.83. The first-order valence-electron chi connectivity index (χ1n) is 8.12. The summed E-state index contributed by atoms with van der Waals surface area (Å²) in [6.07, 6.45) is 0.818. The maximum atomic E-state index is 12.3. The number of alkyl carbamates (subject to hydrolysis) is 1. The molecule has 1 aromatic rings. The highest BCUT2D eigenvalue weighted by Gasteiger charge is 2.39. The summed E-state index contributed by atoms with van der Waals surface area (Å²) in [7, 11) is 0. The molecule has 1 aliphatic rings. The second-order valence-electron chi connectivity index (χ2n) is 6.72. The lowest BCUT2D eigenvalue weighted by molar-refractivity contribution is 0.0288. The minimum atomic E-state index is -0.565. The normalized spacial score (nSPS) is 20.6. The van der Waals surface area contributed by atoms with Crippen LogP contribution in [0.2, 0.25) is 0 Å². The lowest BCUT2D eigenvalue weighted by Gasteiger charge is -2.24. The van der Waals surface area contributed by atoms with Gasteiger partial charge in [-0.25, -0.2) is 9.59 Å². The third-order valence-corrected chi connectivity index (χ3v) is 3.62. The van der Waals surface area contributed by atoms with Gasteiger partial charge in [0.2, 0.25) is 0 Å². The lowest BCUT2D eigenvalue weighted by Crippen LogP contribution is -2.41. The zero-order chi connectivity index (χ0) is 17.7. The maximum absolute atomic E-state index is 12.3. The second kappa shape index (κ2) is 7.51. The van der Waals surface area contributed by atoms with Crippen LogP contribution in [0.3, 0.4) is 0 Å². The Kier molecular flexibility index (Phi) is 5.64. The molecule has 2 atom stereocenters. The molecule has 7 heteroatoms. The Hall–Kier alpha value is -2.31. The van der Waals surface area contributed by atoms with Crippen LogP contribution in [0.25, 0.3) is 0 Å². The summed E-state index contributed by atoms with van der Waals surface area (Å²) in [6, 6.07) is 5.34. The number of nitrogens with zero attached hydrogens (tertiary/aromatic N) is 2. The van der Waals surface area contributed by atoms with Gasteiger partial charge in [0.25, 0.3) is 0 Å². The molecule has 1 fully saturated rings. The largest absolute Gasteiger partial charge is 0.450 e. The van der Waals surface area contributed by atoms with Crippen molar-refractivity contribution in [3.63, 3.8) is 0 Å². The highest BCUT2D eigenvalue weighted by atomic mass is 16.6. The number of amides is 2. The molecule has 0 aliphatic carbocycles. The van der Waals surface area contributed by atoms with Gasteiger partial charge in [0.1, 0.15) is 5.60 Å². The van der Waals surface area contributed by atoms with E-state index in [1.54, 1.807) is 18.0 Å². The van der Waals surface area contributed by atoms with Gasteiger partial charge < -0.3 is 19.7 Å². The molecular formula is C17H25N3O4. The van der Waals surface area contributed by atoms with Crippen molar-refractivity contribution in [2.75, 3.05) is 19.7 Å². The molecule has 0 saturated carbocycles. The first-order valence-corrected chi connectivity index (χ1v) is 8.12. The van der Waals surface area contributed by atoms with Gasteiger partial charge in [-0.2, -0.15) is 0 Å². The van der Waals surface area contributed by atoms with Crippen LogP contribution >= 0.6 is 0 Å². The van der Waals surface area contributed by atoms with Crippen molar-refractivity contribution < 1.29 is 19.1 Å². The van der Waals surface area contributed by atoms with Crippen LogP contribution < -0.4 is 5.32 Å². The molecule has 1 N–H and O–H groups in total. The first-order chi connectivity index (χ1) is 11.3. The number of carbonyl (C=O) groups excluding carboxylic acids is 2. The van der Waals surface area contributed by atoms with E-state index in [9.17, 15) is 9.59 Å². The van der Waals surface area contributed by atoms with E-state index in [1.807, 2.05) is 39.0 Å². The topological polar surface area (TPSA) is 80.8 Å². The van der Waals surface area contributed by atoms with Gasteiger partial charge in [-0.3, -0.25) is 4.98 Å². The molecule has 1 saturated heterocycles. The van der Waals surface area contributed by atoms with Gasteiger partial charge in [-0.05, 0) is 39.8 Å². The highest BCUT2D eigenvalue weighted by molar-refractivity contribution is 5.70. The third kappa shape index (κ3) is 4.84. The zero-order valence-electron chi connectivity index (χ0n) is 14.6. The fraction of sp³-hybridized carbons (Fsp3) is 0.588. The summed E-state index contributed by atoms with van der Waals surface area (Å²) in [4.78, 5) is 30.1. The van der Waals surface area contributed by atoms with E-state index in [-0.39, 0.29) is 12.0 Å². The number of hydrogen-bond donors (Lipinski definition) is 1.